The van der Waals surface area contributed by atoms with Crippen LogP contribution in [0.1, 0.15) is 40.0 Å². The minimum atomic E-state index is -3.11. The monoisotopic (exact) mass is 403 g/mol. The highest BCUT2D eigenvalue weighted by Gasteiger charge is 2.28. The summed E-state index contributed by atoms with van der Waals surface area (Å²) in [5, 5.41) is 0. The van der Waals surface area contributed by atoms with Gasteiger partial charge in [0.15, 0.2) is 15.8 Å². The summed E-state index contributed by atoms with van der Waals surface area (Å²) in [6.45, 7) is 7.24. The fraction of sp³-hybridized carbons (Fsp3) is 0.917. The molecule has 5 nitrogen and oxygen atoms in total. The Balaban J connectivity index is 0.00000324. The van der Waals surface area contributed by atoms with Gasteiger partial charge in [0, 0.05) is 13.1 Å². The average molecular weight is 403 g/mol. The van der Waals surface area contributed by atoms with Crippen LogP contribution in [0.25, 0.3) is 0 Å². The van der Waals surface area contributed by atoms with Gasteiger partial charge >= 0.3 is 0 Å². The number of halogens is 1. The quantitative estimate of drug-likeness (QED) is 0.442. The van der Waals surface area contributed by atoms with Crippen molar-refractivity contribution in [2.24, 2.45) is 10.7 Å². The molecule has 19 heavy (non-hydrogen) atoms. The van der Waals surface area contributed by atoms with Crippen LogP contribution < -0.4 is 5.73 Å². The summed E-state index contributed by atoms with van der Waals surface area (Å²) in [5.74, 6) is 0.546. The van der Waals surface area contributed by atoms with Gasteiger partial charge in [-0.15, -0.1) is 24.0 Å². The molecular weight excluding hydrogens is 377 g/mol. The number of likely N-dealkylation sites (tertiary alicyclic amines) is 1. The second-order valence-electron chi connectivity index (χ2n) is 5.72. The van der Waals surface area contributed by atoms with Crippen LogP contribution in [0.4, 0.5) is 0 Å². The lowest BCUT2D eigenvalue weighted by molar-refractivity contribution is 0.338. The van der Waals surface area contributed by atoms with Crippen molar-refractivity contribution in [2.45, 2.75) is 44.8 Å². The number of aliphatic imine (C=N–C) groups is 1. The first kappa shape index (κ1) is 18.9. The molecule has 0 aliphatic carbocycles. The number of guanidine groups is 1. The van der Waals surface area contributed by atoms with E-state index >= 15 is 0 Å². The zero-order valence-electron chi connectivity index (χ0n) is 12.1. The highest BCUT2D eigenvalue weighted by Crippen LogP contribution is 2.15. The Labute approximate surface area is 134 Å². The van der Waals surface area contributed by atoms with Crippen molar-refractivity contribution in [3.63, 3.8) is 0 Å². The van der Waals surface area contributed by atoms with Gasteiger partial charge in [0.25, 0.3) is 0 Å². The smallest absolute Gasteiger partial charge is 0.191 e. The van der Waals surface area contributed by atoms with Gasteiger partial charge in [0.1, 0.15) is 0 Å². The molecule has 1 fully saturated rings. The Morgan fingerprint density at radius 2 is 1.74 bits per heavy atom. The van der Waals surface area contributed by atoms with Gasteiger partial charge in [0.2, 0.25) is 0 Å². The third kappa shape index (κ3) is 5.85. The summed E-state index contributed by atoms with van der Waals surface area (Å²) >= 11 is 0. The first-order chi connectivity index (χ1) is 8.24. The van der Waals surface area contributed by atoms with E-state index in [9.17, 15) is 8.42 Å². The molecule has 1 rings (SSSR count). The highest BCUT2D eigenvalue weighted by molar-refractivity contribution is 14.0. The fourth-order valence-corrected chi connectivity index (χ4v) is 2.75. The van der Waals surface area contributed by atoms with Gasteiger partial charge in [0.05, 0.1) is 17.0 Å². The van der Waals surface area contributed by atoms with Crippen LogP contribution in [0.5, 0.6) is 0 Å². The Bertz CT molecular complexity index is 396. The minimum Gasteiger partial charge on any atom is -0.370 e. The molecule has 7 heteroatoms. The van der Waals surface area contributed by atoms with E-state index in [1.807, 2.05) is 4.90 Å². The number of piperidine rings is 1. The van der Waals surface area contributed by atoms with Crippen LogP contribution >= 0.6 is 24.0 Å². The van der Waals surface area contributed by atoms with Gasteiger partial charge in [-0.2, -0.15) is 0 Å². The van der Waals surface area contributed by atoms with E-state index in [2.05, 4.69) is 4.99 Å². The first-order valence-electron chi connectivity index (χ1n) is 6.51. The van der Waals surface area contributed by atoms with E-state index in [1.54, 1.807) is 20.8 Å². The maximum Gasteiger partial charge on any atom is 0.191 e. The van der Waals surface area contributed by atoms with Gasteiger partial charge in [-0.1, -0.05) is 0 Å². The Morgan fingerprint density at radius 1 is 1.21 bits per heavy atom. The molecular formula is C12H26IN3O2S. The second-order valence-corrected chi connectivity index (χ2v) is 8.58. The topological polar surface area (TPSA) is 75.8 Å². The second kappa shape index (κ2) is 7.66. The molecule has 1 heterocycles. The largest absolute Gasteiger partial charge is 0.370 e. The zero-order chi connectivity index (χ0) is 13.8. The van der Waals surface area contributed by atoms with E-state index < -0.39 is 14.6 Å². The molecule has 0 aromatic heterocycles. The molecule has 1 saturated heterocycles. The summed E-state index contributed by atoms with van der Waals surface area (Å²) in [6, 6.07) is 0. The van der Waals surface area contributed by atoms with E-state index in [0.29, 0.717) is 5.96 Å². The third-order valence-electron chi connectivity index (χ3n) is 3.25. The Kier molecular flexibility index (Phi) is 7.64. The summed E-state index contributed by atoms with van der Waals surface area (Å²) in [4.78, 5) is 6.22. The van der Waals surface area contributed by atoms with E-state index in [-0.39, 0.29) is 36.3 Å². The molecule has 114 valence electrons. The molecule has 1 aliphatic heterocycles. The predicted octanol–water partition coefficient (Wildman–Crippen LogP) is 1.62. The summed E-state index contributed by atoms with van der Waals surface area (Å²) in [6.07, 6.45) is 3.51. The predicted molar refractivity (Wildman–Crippen MR) is 90.9 cm³/mol. The molecule has 0 atom stereocenters. The Hall–Kier alpha value is -0.0500. The van der Waals surface area contributed by atoms with Crippen molar-refractivity contribution in [1.29, 1.82) is 0 Å². The Morgan fingerprint density at radius 3 is 2.21 bits per heavy atom. The van der Waals surface area contributed by atoms with E-state index in [4.69, 9.17) is 5.73 Å². The van der Waals surface area contributed by atoms with Crippen molar-refractivity contribution in [3.8, 4) is 0 Å². The third-order valence-corrected chi connectivity index (χ3v) is 5.83. The SMILES string of the molecule is CC(C)(C)S(=O)(=O)CCN=C(N)N1CCCCC1.I. The fourth-order valence-electron chi connectivity index (χ4n) is 1.81. The molecule has 0 spiro atoms. The molecule has 0 bridgehead atoms. The van der Waals surface area contributed by atoms with Gasteiger partial charge < -0.3 is 10.6 Å². The lowest BCUT2D eigenvalue weighted by Crippen LogP contribution is -2.41. The average Bonchev–Trinajstić information content (AvgIpc) is 2.28. The minimum absolute atomic E-state index is 0. The van der Waals surface area contributed by atoms with Crippen molar-refractivity contribution >= 4 is 39.8 Å². The van der Waals surface area contributed by atoms with Crippen LogP contribution in [-0.2, 0) is 9.84 Å². The normalized spacial score (nSPS) is 18.1. The summed E-state index contributed by atoms with van der Waals surface area (Å²) in [7, 11) is -3.11. The summed E-state index contributed by atoms with van der Waals surface area (Å²) in [5.41, 5.74) is 5.87. The molecule has 2 N–H and O–H groups in total. The number of sulfone groups is 1. The maximum atomic E-state index is 11.9. The van der Waals surface area contributed by atoms with Crippen LogP contribution in [-0.4, -0.2) is 49.4 Å². The number of hydrogen-bond acceptors (Lipinski definition) is 3. The highest BCUT2D eigenvalue weighted by atomic mass is 127. The van der Waals surface area contributed by atoms with Crippen LogP contribution in [0, 0.1) is 0 Å². The molecule has 0 radical (unpaired) electrons. The van der Waals surface area contributed by atoms with Crippen LogP contribution in [0.3, 0.4) is 0 Å². The number of rotatable bonds is 3. The van der Waals surface area contributed by atoms with Crippen LogP contribution in [0.15, 0.2) is 4.99 Å². The van der Waals surface area contributed by atoms with Crippen molar-refractivity contribution in [2.75, 3.05) is 25.4 Å². The number of hydrogen-bond donors (Lipinski definition) is 1. The molecule has 0 aromatic rings. The lowest BCUT2D eigenvalue weighted by atomic mass is 10.1. The standard InChI is InChI=1S/C12H25N3O2S.HI/c1-12(2,3)18(16,17)10-7-14-11(13)15-8-5-4-6-9-15;/h4-10H2,1-3H3,(H2,13,14);1H. The number of nitrogens with zero attached hydrogens (tertiary/aromatic N) is 2. The first-order valence-corrected chi connectivity index (χ1v) is 8.16. The van der Waals surface area contributed by atoms with Gasteiger partial charge in [-0.05, 0) is 40.0 Å². The molecule has 0 saturated carbocycles. The zero-order valence-corrected chi connectivity index (χ0v) is 15.2. The maximum absolute atomic E-state index is 11.9. The summed E-state index contributed by atoms with van der Waals surface area (Å²) < 4.78 is 23.1. The van der Waals surface area contributed by atoms with Gasteiger partial charge in [-0.3, -0.25) is 4.99 Å². The van der Waals surface area contributed by atoms with Crippen LogP contribution in [0.2, 0.25) is 0 Å². The molecule has 1 aliphatic rings. The number of nitrogens with two attached hydrogens (primary N) is 1. The van der Waals surface area contributed by atoms with Crippen molar-refractivity contribution < 1.29 is 8.42 Å². The lowest BCUT2D eigenvalue weighted by Gasteiger charge is -2.27. The van der Waals surface area contributed by atoms with Gasteiger partial charge in [-0.25, -0.2) is 8.42 Å². The van der Waals surface area contributed by atoms with E-state index in [1.165, 1.54) is 6.42 Å². The van der Waals surface area contributed by atoms with Crippen molar-refractivity contribution in [1.82, 2.24) is 4.90 Å². The molecule has 0 aromatic carbocycles. The molecule has 0 amide bonds. The van der Waals surface area contributed by atoms with E-state index in [0.717, 1.165) is 25.9 Å². The van der Waals surface area contributed by atoms with Crippen molar-refractivity contribution in [3.05, 3.63) is 0 Å². The molecule has 0 unspecified atom stereocenters.